The molecule has 0 bridgehead atoms. The summed E-state index contributed by atoms with van der Waals surface area (Å²) in [5.41, 5.74) is 0.304. The van der Waals surface area contributed by atoms with Crippen molar-refractivity contribution in [1.82, 2.24) is 20.4 Å². The Labute approximate surface area is 134 Å². The third kappa shape index (κ3) is 3.95. The first-order valence-corrected chi connectivity index (χ1v) is 7.94. The van der Waals surface area contributed by atoms with Gasteiger partial charge in [-0.2, -0.15) is 0 Å². The van der Waals surface area contributed by atoms with Gasteiger partial charge in [-0.05, 0) is 25.0 Å². The lowest BCUT2D eigenvalue weighted by molar-refractivity contribution is -0.118. The van der Waals surface area contributed by atoms with Crippen LogP contribution in [-0.2, 0) is 9.53 Å². The molecule has 1 aromatic heterocycles. The fourth-order valence-corrected chi connectivity index (χ4v) is 2.77. The van der Waals surface area contributed by atoms with Crippen LogP contribution in [0.3, 0.4) is 0 Å². The van der Waals surface area contributed by atoms with E-state index in [4.69, 9.17) is 4.74 Å². The average Bonchev–Trinajstić information content (AvgIpc) is 3.13. The van der Waals surface area contributed by atoms with Gasteiger partial charge in [-0.3, -0.25) is 9.59 Å². The maximum Gasteiger partial charge on any atom is 0.271 e. The van der Waals surface area contributed by atoms with Crippen molar-refractivity contribution < 1.29 is 14.3 Å². The van der Waals surface area contributed by atoms with Crippen molar-refractivity contribution in [2.75, 3.05) is 44.2 Å². The Kier molecular flexibility index (Phi) is 5.02. The van der Waals surface area contributed by atoms with Gasteiger partial charge in [-0.15, -0.1) is 10.2 Å². The number of hydrogen-bond donors (Lipinski definition) is 1. The first kappa shape index (κ1) is 15.7. The quantitative estimate of drug-likeness (QED) is 0.747. The van der Waals surface area contributed by atoms with Crippen molar-refractivity contribution in [3.8, 4) is 0 Å². The molecule has 0 spiro atoms. The van der Waals surface area contributed by atoms with Crippen LogP contribution >= 0.6 is 0 Å². The number of hydrogen-bond acceptors (Lipinski definition) is 6. The van der Waals surface area contributed by atoms with E-state index in [9.17, 15) is 9.59 Å². The summed E-state index contributed by atoms with van der Waals surface area (Å²) in [5, 5.41) is 11.0. The van der Waals surface area contributed by atoms with Gasteiger partial charge >= 0.3 is 0 Å². The SMILES string of the molecule is O=CN1CCN(c2ccc(C(=O)NCC3CCCO3)nn2)CC1. The summed E-state index contributed by atoms with van der Waals surface area (Å²) >= 11 is 0. The van der Waals surface area contributed by atoms with Crippen LogP contribution in [0.5, 0.6) is 0 Å². The second-order valence-electron chi connectivity index (χ2n) is 5.75. The number of ether oxygens (including phenoxy) is 1. The molecule has 2 aliphatic rings. The average molecular weight is 319 g/mol. The van der Waals surface area contributed by atoms with Crippen LogP contribution in [0.25, 0.3) is 0 Å². The van der Waals surface area contributed by atoms with Crippen LogP contribution in [0, 0.1) is 0 Å². The number of amides is 2. The van der Waals surface area contributed by atoms with Gasteiger partial charge in [0.1, 0.15) is 0 Å². The van der Waals surface area contributed by atoms with E-state index >= 15 is 0 Å². The monoisotopic (exact) mass is 319 g/mol. The Morgan fingerprint density at radius 1 is 1.30 bits per heavy atom. The highest BCUT2D eigenvalue weighted by Gasteiger charge is 2.19. The van der Waals surface area contributed by atoms with Crippen LogP contribution in [0.4, 0.5) is 5.82 Å². The lowest BCUT2D eigenvalue weighted by atomic mass is 10.2. The van der Waals surface area contributed by atoms with Crippen molar-refractivity contribution in [3.05, 3.63) is 17.8 Å². The molecule has 2 amide bonds. The number of carbonyl (C=O) groups excluding carboxylic acids is 2. The second kappa shape index (κ2) is 7.36. The van der Waals surface area contributed by atoms with E-state index in [-0.39, 0.29) is 12.0 Å². The van der Waals surface area contributed by atoms with Crippen LogP contribution < -0.4 is 10.2 Å². The highest BCUT2D eigenvalue weighted by molar-refractivity contribution is 5.92. The Hall–Kier alpha value is -2.22. The highest BCUT2D eigenvalue weighted by Crippen LogP contribution is 2.13. The number of rotatable bonds is 5. The van der Waals surface area contributed by atoms with Gasteiger partial charge in [0.05, 0.1) is 6.10 Å². The van der Waals surface area contributed by atoms with Gasteiger partial charge in [-0.1, -0.05) is 0 Å². The predicted octanol–water partition coefficient (Wildman–Crippen LogP) is -0.336. The fraction of sp³-hybridized carbons (Fsp3) is 0.600. The number of nitrogens with zero attached hydrogens (tertiary/aromatic N) is 4. The van der Waals surface area contributed by atoms with Crippen molar-refractivity contribution in [1.29, 1.82) is 0 Å². The maximum absolute atomic E-state index is 12.0. The molecule has 1 aromatic rings. The topological polar surface area (TPSA) is 87.7 Å². The molecule has 0 radical (unpaired) electrons. The number of anilines is 1. The zero-order valence-corrected chi connectivity index (χ0v) is 13.0. The van der Waals surface area contributed by atoms with Crippen LogP contribution in [0.1, 0.15) is 23.3 Å². The smallest absolute Gasteiger partial charge is 0.271 e. The predicted molar refractivity (Wildman–Crippen MR) is 83.2 cm³/mol. The molecule has 1 N–H and O–H groups in total. The van der Waals surface area contributed by atoms with Gasteiger partial charge < -0.3 is 19.9 Å². The molecule has 23 heavy (non-hydrogen) atoms. The first-order chi connectivity index (χ1) is 11.3. The Morgan fingerprint density at radius 3 is 2.74 bits per heavy atom. The maximum atomic E-state index is 12.0. The summed E-state index contributed by atoms with van der Waals surface area (Å²) in [6.07, 6.45) is 3.01. The molecule has 3 rings (SSSR count). The molecule has 124 valence electrons. The molecule has 8 heteroatoms. The van der Waals surface area contributed by atoms with E-state index in [1.165, 1.54) is 0 Å². The molecule has 0 aromatic carbocycles. The fourth-order valence-electron chi connectivity index (χ4n) is 2.77. The highest BCUT2D eigenvalue weighted by atomic mass is 16.5. The summed E-state index contributed by atoms with van der Waals surface area (Å²) in [5.74, 6) is 0.497. The number of carbonyl (C=O) groups is 2. The largest absolute Gasteiger partial charge is 0.376 e. The molecule has 3 heterocycles. The normalized spacial score (nSPS) is 21.3. The number of nitrogens with one attached hydrogen (secondary N) is 1. The molecular weight excluding hydrogens is 298 g/mol. The second-order valence-corrected chi connectivity index (χ2v) is 5.75. The van der Waals surface area contributed by atoms with Gasteiger partial charge in [0.25, 0.3) is 5.91 Å². The lowest BCUT2D eigenvalue weighted by Gasteiger charge is -2.32. The van der Waals surface area contributed by atoms with E-state index in [0.717, 1.165) is 44.8 Å². The van der Waals surface area contributed by atoms with Crippen molar-refractivity contribution in [3.63, 3.8) is 0 Å². The van der Waals surface area contributed by atoms with E-state index < -0.39 is 0 Å². The van der Waals surface area contributed by atoms with Gasteiger partial charge in [0, 0.05) is 39.3 Å². The first-order valence-electron chi connectivity index (χ1n) is 7.94. The zero-order valence-electron chi connectivity index (χ0n) is 13.0. The Morgan fingerprint density at radius 2 is 2.13 bits per heavy atom. The van der Waals surface area contributed by atoms with Crippen molar-refractivity contribution in [2.45, 2.75) is 18.9 Å². The molecule has 0 saturated carbocycles. The van der Waals surface area contributed by atoms with Gasteiger partial charge in [-0.25, -0.2) is 0 Å². The molecule has 0 aliphatic carbocycles. The Bertz CT molecular complexity index is 537. The van der Waals surface area contributed by atoms with E-state index in [1.807, 2.05) is 0 Å². The van der Waals surface area contributed by atoms with Crippen LogP contribution in [-0.4, -0.2) is 72.8 Å². The number of aromatic nitrogens is 2. The van der Waals surface area contributed by atoms with Crippen LogP contribution in [0.15, 0.2) is 12.1 Å². The molecule has 2 fully saturated rings. The summed E-state index contributed by atoms with van der Waals surface area (Å²) in [6, 6.07) is 3.48. The molecule has 1 unspecified atom stereocenters. The summed E-state index contributed by atoms with van der Waals surface area (Å²) < 4.78 is 5.47. The Balaban J connectivity index is 1.52. The third-order valence-electron chi connectivity index (χ3n) is 4.18. The minimum Gasteiger partial charge on any atom is -0.376 e. The number of piperazine rings is 1. The van der Waals surface area contributed by atoms with E-state index in [2.05, 4.69) is 20.4 Å². The molecule has 2 saturated heterocycles. The minimum absolute atomic E-state index is 0.111. The molecule has 1 atom stereocenters. The summed E-state index contributed by atoms with van der Waals surface area (Å²) in [4.78, 5) is 26.5. The summed E-state index contributed by atoms with van der Waals surface area (Å²) in [6.45, 7) is 4.07. The molecule has 8 nitrogen and oxygen atoms in total. The molecule has 2 aliphatic heterocycles. The third-order valence-corrected chi connectivity index (χ3v) is 4.18. The minimum atomic E-state index is -0.231. The van der Waals surface area contributed by atoms with E-state index in [1.54, 1.807) is 17.0 Å². The van der Waals surface area contributed by atoms with Gasteiger partial charge in [0.2, 0.25) is 6.41 Å². The van der Waals surface area contributed by atoms with E-state index in [0.29, 0.717) is 25.3 Å². The van der Waals surface area contributed by atoms with Gasteiger partial charge in [0.15, 0.2) is 11.5 Å². The van der Waals surface area contributed by atoms with Crippen molar-refractivity contribution >= 4 is 18.1 Å². The molecular formula is C15H21N5O3. The lowest BCUT2D eigenvalue weighted by Crippen LogP contribution is -2.46. The zero-order chi connectivity index (χ0) is 16.1. The van der Waals surface area contributed by atoms with Crippen LogP contribution in [0.2, 0.25) is 0 Å². The standard InChI is InChI=1S/C15H21N5O3/c21-11-19-5-7-20(8-6-19)14-4-3-13(17-18-14)15(22)16-10-12-2-1-9-23-12/h3-4,11-12H,1-2,5-10H2,(H,16,22). The summed E-state index contributed by atoms with van der Waals surface area (Å²) in [7, 11) is 0. The van der Waals surface area contributed by atoms with Crippen molar-refractivity contribution in [2.24, 2.45) is 0 Å².